The second-order valence-corrected chi connectivity index (χ2v) is 5.64. The molecular weight excluding hydrogens is 224 g/mol. The summed E-state index contributed by atoms with van der Waals surface area (Å²) in [5, 5.41) is 3.37. The van der Waals surface area contributed by atoms with Gasteiger partial charge >= 0.3 is 0 Å². The Morgan fingerprint density at radius 1 is 1.33 bits per heavy atom. The molecule has 0 atom stereocenters. The normalized spacial score (nSPS) is 17.7. The van der Waals surface area contributed by atoms with Crippen LogP contribution in [-0.2, 0) is 10.2 Å². The summed E-state index contributed by atoms with van der Waals surface area (Å²) in [6, 6.07) is 8.35. The van der Waals surface area contributed by atoms with E-state index in [1.165, 1.54) is 18.4 Å². The number of nitrogens with one attached hydrogen (secondary N) is 1. The summed E-state index contributed by atoms with van der Waals surface area (Å²) >= 11 is 0. The van der Waals surface area contributed by atoms with Crippen LogP contribution in [0.4, 0.5) is 0 Å². The van der Waals surface area contributed by atoms with Crippen LogP contribution in [0.15, 0.2) is 24.3 Å². The minimum atomic E-state index is -0.594. The molecule has 98 valence electrons. The Kier molecular flexibility index (Phi) is 3.71. The molecule has 3 N–H and O–H groups in total. The molecule has 0 unspecified atom stereocenters. The van der Waals surface area contributed by atoms with Crippen LogP contribution < -0.4 is 11.1 Å². The maximum atomic E-state index is 11.5. The van der Waals surface area contributed by atoms with Crippen LogP contribution >= 0.6 is 0 Å². The maximum Gasteiger partial charge on any atom is 0.227 e. The van der Waals surface area contributed by atoms with E-state index in [9.17, 15) is 4.79 Å². The molecule has 0 spiro atoms. The van der Waals surface area contributed by atoms with Gasteiger partial charge in [-0.1, -0.05) is 24.3 Å². The predicted octanol–water partition coefficient (Wildman–Crippen LogP) is 1.92. The molecule has 18 heavy (non-hydrogen) atoms. The maximum absolute atomic E-state index is 11.5. The van der Waals surface area contributed by atoms with Crippen molar-refractivity contribution in [3.8, 4) is 0 Å². The standard InChI is InChI=1S/C15H22N2O/c1-15(2,14(16)18)13-5-3-4-12(10-13)11-6-8-17-9-7-11/h3-5,10-11,17H,6-9H2,1-2H3,(H2,16,18). The molecule has 1 heterocycles. The fraction of sp³-hybridized carbons (Fsp3) is 0.533. The molecule has 1 aromatic carbocycles. The highest BCUT2D eigenvalue weighted by Gasteiger charge is 2.28. The van der Waals surface area contributed by atoms with Crippen LogP contribution in [0.1, 0.15) is 43.7 Å². The van der Waals surface area contributed by atoms with E-state index < -0.39 is 5.41 Å². The fourth-order valence-corrected chi connectivity index (χ4v) is 2.48. The van der Waals surface area contributed by atoms with E-state index in [1.807, 2.05) is 26.0 Å². The lowest BCUT2D eigenvalue weighted by Crippen LogP contribution is -2.35. The number of primary amides is 1. The van der Waals surface area contributed by atoms with Gasteiger partial charge in [0.25, 0.3) is 0 Å². The molecule has 1 aliphatic rings. The molecule has 0 saturated carbocycles. The lowest BCUT2D eigenvalue weighted by atomic mass is 9.81. The predicted molar refractivity (Wildman–Crippen MR) is 73.5 cm³/mol. The topological polar surface area (TPSA) is 55.1 Å². The number of rotatable bonds is 3. The highest BCUT2D eigenvalue weighted by molar-refractivity contribution is 5.85. The van der Waals surface area contributed by atoms with Crippen molar-refractivity contribution in [2.24, 2.45) is 5.73 Å². The van der Waals surface area contributed by atoms with E-state index in [0.717, 1.165) is 18.7 Å². The lowest BCUT2D eigenvalue weighted by molar-refractivity contribution is -0.122. The number of carbonyl (C=O) groups excluding carboxylic acids is 1. The van der Waals surface area contributed by atoms with Gasteiger partial charge in [-0.3, -0.25) is 4.79 Å². The lowest BCUT2D eigenvalue weighted by Gasteiger charge is -2.26. The van der Waals surface area contributed by atoms with E-state index in [0.29, 0.717) is 5.92 Å². The van der Waals surface area contributed by atoms with Gasteiger partial charge < -0.3 is 11.1 Å². The van der Waals surface area contributed by atoms with E-state index in [1.54, 1.807) is 0 Å². The Morgan fingerprint density at radius 2 is 2.00 bits per heavy atom. The summed E-state index contributed by atoms with van der Waals surface area (Å²) in [6.45, 7) is 5.93. The molecule has 1 aliphatic heterocycles. The van der Waals surface area contributed by atoms with Crippen molar-refractivity contribution >= 4 is 5.91 Å². The minimum Gasteiger partial charge on any atom is -0.369 e. The second-order valence-electron chi connectivity index (χ2n) is 5.64. The van der Waals surface area contributed by atoms with E-state index in [-0.39, 0.29) is 5.91 Å². The van der Waals surface area contributed by atoms with Crippen LogP contribution in [0.25, 0.3) is 0 Å². The SMILES string of the molecule is CC(C)(C(N)=O)c1cccc(C2CCNCC2)c1. The molecule has 0 aliphatic carbocycles. The molecule has 3 nitrogen and oxygen atoms in total. The zero-order valence-electron chi connectivity index (χ0n) is 11.2. The van der Waals surface area contributed by atoms with Crippen LogP contribution in [0.2, 0.25) is 0 Å². The average Bonchev–Trinajstić information content (AvgIpc) is 2.40. The fourth-order valence-electron chi connectivity index (χ4n) is 2.48. The zero-order chi connectivity index (χ0) is 13.2. The van der Waals surface area contributed by atoms with Gasteiger partial charge in [0.15, 0.2) is 0 Å². The second kappa shape index (κ2) is 5.11. The Morgan fingerprint density at radius 3 is 2.61 bits per heavy atom. The minimum absolute atomic E-state index is 0.273. The Bertz CT molecular complexity index is 434. The van der Waals surface area contributed by atoms with Crippen LogP contribution in [-0.4, -0.2) is 19.0 Å². The quantitative estimate of drug-likeness (QED) is 0.856. The first-order valence-electron chi connectivity index (χ1n) is 6.63. The number of benzene rings is 1. The summed E-state index contributed by atoms with van der Waals surface area (Å²) in [4.78, 5) is 11.5. The smallest absolute Gasteiger partial charge is 0.227 e. The van der Waals surface area contributed by atoms with Crippen molar-refractivity contribution in [3.05, 3.63) is 35.4 Å². The summed E-state index contributed by atoms with van der Waals surface area (Å²) < 4.78 is 0. The molecule has 0 aromatic heterocycles. The Labute approximate surface area is 109 Å². The van der Waals surface area contributed by atoms with Crippen molar-refractivity contribution in [1.29, 1.82) is 0 Å². The third-order valence-electron chi connectivity index (χ3n) is 4.03. The average molecular weight is 246 g/mol. The first kappa shape index (κ1) is 13.1. The van der Waals surface area contributed by atoms with Crippen LogP contribution in [0, 0.1) is 0 Å². The third-order valence-corrected chi connectivity index (χ3v) is 4.03. The number of hydrogen-bond donors (Lipinski definition) is 2. The number of carbonyl (C=O) groups is 1. The largest absolute Gasteiger partial charge is 0.369 e. The molecule has 1 saturated heterocycles. The first-order chi connectivity index (χ1) is 8.51. The monoisotopic (exact) mass is 246 g/mol. The van der Waals surface area contributed by atoms with Gasteiger partial charge in [-0.2, -0.15) is 0 Å². The van der Waals surface area contributed by atoms with Crippen molar-refractivity contribution in [3.63, 3.8) is 0 Å². The molecule has 1 amide bonds. The number of amides is 1. The summed E-state index contributed by atoms with van der Waals surface area (Å²) in [6.07, 6.45) is 2.33. The molecule has 0 bridgehead atoms. The van der Waals surface area contributed by atoms with Gasteiger partial charge in [-0.15, -0.1) is 0 Å². The molecule has 1 aromatic rings. The first-order valence-corrected chi connectivity index (χ1v) is 6.63. The van der Waals surface area contributed by atoms with E-state index >= 15 is 0 Å². The van der Waals surface area contributed by atoms with Gasteiger partial charge in [0.05, 0.1) is 5.41 Å². The molecular formula is C15H22N2O. The van der Waals surface area contributed by atoms with E-state index in [2.05, 4.69) is 17.4 Å². The van der Waals surface area contributed by atoms with Gasteiger partial charge in [0.1, 0.15) is 0 Å². The number of nitrogens with two attached hydrogens (primary N) is 1. The van der Waals surface area contributed by atoms with Gasteiger partial charge in [0.2, 0.25) is 5.91 Å². The van der Waals surface area contributed by atoms with Crippen molar-refractivity contribution in [2.45, 2.75) is 38.0 Å². The van der Waals surface area contributed by atoms with Gasteiger partial charge in [-0.05, 0) is 56.8 Å². The van der Waals surface area contributed by atoms with E-state index in [4.69, 9.17) is 5.73 Å². The summed E-state index contributed by atoms with van der Waals surface area (Å²) in [7, 11) is 0. The highest BCUT2D eigenvalue weighted by atomic mass is 16.1. The Balaban J connectivity index is 2.27. The zero-order valence-corrected chi connectivity index (χ0v) is 11.2. The van der Waals surface area contributed by atoms with Gasteiger partial charge in [0, 0.05) is 0 Å². The van der Waals surface area contributed by atoms with Gasteiger partial charge in [-0.25, -0.2) is 0 Å². The molecule has 1 fully saturated rings. The molecule has 0 radical (unpaired) electrons. The Hall–Kier alpha value is -1.35. The van der Waals surface area contributed by atoms with Crippen LogP contribution in [0.5, 0.6) is 0 Å². The highest BCUT2D eigenvalue weighted by Crippen LogP contribution is 2.29. The van der Waals surface area contributed by atoms with Crippen molar-refractivity contribution in [2.75, 3.05) is 13.1 Å². The van der Waals surface area contributed by atoms with Crippen molar-refractivity contribution in [1.82, 2.24) is 5.32 Å². The summed E-state index contributed by atoms with van der Waals surface area (Å²) in [5.74, 6) is 0.333. The third kappa shape index (κ3) is 2.56. The summed E-state index contributed by atoms with van der Waals surface area (Å²) in [5.41, 5.74) is 7.24. The van der Waals surface area contributed by atoms with Crippen molar-refractivity contribution < 1.29 is 4.79 Å². The van der Waals surface area contributed by atoms with Crippen LogP contribution in [0.3, 0.4) is 0 Å². The molecule has 2 rings (SSSR count). The molecule has 3 heteroatoms. The number of piperidine rings is 1. The number of hydrogen-bond acceptors (Lipinski definition) is 2.